The van der Waals surface area contributed by atoms with Gasteiger partial charge in [0.25, 0.3) is 0 Å². The molecule has 0 saturated heterocycles. The van der Waals surface area contributed by atoms with Gasteiger partial charge in [-0.2, -0.15) is 0 Å². The van der Waals surface area contributed by atoms with Crippen LogP contribution in [0.25, 0.3) is 0 Å². The zero-order valence-corrected chi connectivity index (χ0v) is 11.5. The summed E-state index contributed by atoms with van der Waals surface area (Å²) in [6.45, 7) is 0. The first kappa shape index (κ1) is 17.9. The van der Waals surface area contributed by atoms with E-state index in [1.165, 1.54) is 12.1 Å². The maximum absolute atomic E-state index is 10.4. The second kappa shape index (κ2) is 8.69. The van der Waals surface area contributed by atoms with E-state index in [0.29, 0.717) is 0 Å². The zero-order valence-electron chi connectivity index (χ0n) is 7.27. The Morgan fingerprint density at radius 1 is 1.13 bits per heavy atom. The molecule has 9 heteroatoms. The third-order valence-corrected chi connectivity index (χ3v) is 2.03. The van der Waals surface area contributed by atoms with Gasteiger partial charge in [-0.3, -0.25) is 0 Å². The van der Waals surface area contributed by atoms with Gasteiger partial charge in [0.2, 0.25) is 0 Å². The van der Waals surface area contributed by atoms with E-state index in [9.17, 15) is 9.46 Å². The van der Waals surface area contributed by atoms with Gasteiger partial charge in [-0.15, -0.1) is 0 Å². The summed E-state index contributed by atoms with van der Waals surface area (Å²) in [6.07, 6.45) is 0. The van der Waals surface area contributed by atoms with Crippen LogP contribution in [0.1, 0.15) is 0 Å². The molecule has 0 aliphatic heterocycles. The largest absolute Gasteiger partial charge is 4.00 e. The number of rotatable bonds is 1. The normalized spacial score (nSPS) is 13.2. The van der Waals surface area contributed by atoms with Crippen LogP contribution >= 0.6 is 16.2 Å². The molecule has 0 heterocycles. The summed E-state index contributed by atoms with van der Waals surface area (Å²) in [6, 6.07) is 7.47. The van der Waals surface area contributed by atoms with Crippen LogP contribution in [0.15, 0.2) is 30.3 Å². The van der Waals surface area contributed by atoms with Gasteiger partial charge in [-0.1, -0.05) is 30.3 Å². The number of benzene rings is 1. The van der Waals surface area contributed by atoms with Gasteiger partial charge in [0.15, 0.2) is 7.60 Å². The van der Waals surface area contributed by atoms with E-state index in [1.54, 1.807) is 18.2 Å². The van der Waals surface area contributed by atoms with Crippen LogP contribution in [0, 0.1) is 0 Å². The van der Waals surface area contributed by atoms with E-state index in [4.69, 9.17) is 19.6 Å². The van der Waals surface area contributed by atoms with Crippen molar-refractivity contribution in [2.75, 3.05) is 0 Å². The van der Waals surface area contributed by atoms with E-state index in [1.807, 2.05) is 0 Å². The SMILES string of the molecule is O=P([O-])(O)c1ccccc1.[O-]P([O-])[O-].[Zr+4]. The van der Waals surface area contributed by atoms with Crippen LogP contribution in [0.4, 0.5) is 0 Å². The van der Waals surface area contributed by atoms with Crippen molar-refractivity contribution in [2.45, 2.75) is 0 Å². The van der Waals surface area contributed by atoms with Crippen molar-refractivity contribution < 1.29 is 55.2 Å². The van der Waals surface area contributed by atoms with Gasteiger partial charge in [0.05, 0.1) is 0 Å². The minimum absolute atomic E-state index is 0. The van der Waals surface area contributed by atoms with E-state index >= 15 is 0 Å². The van der Waals surface area contributed by atoms with E-state index in [-0.39, 0.29) is 31.5 Å². The van der Waals surface area contributed by atoms with Gasteiger partial charge in [0, 0.05) is 5.30 Å². The van der Waals surface area contributed by atoms with Crippen molar-refractivity contribution in [1.82, 2.24) is 0 Å². The Kier molecular flexibility index (Phi) is 10.4. The van der Waals surface area contributed by atoms with Crippen LogP contribution in [0.5, 0.6) is 0 Å². The standard InChI is InChI=1S/C6H7O3P.O3P.Zr/c7-10(8,9)6-4-2-1-3-5-6;1-4(2)3;/h1-5H,(H2,7,8,9);;/q;-3;+4/p-1. The van der Waals surface area contributed by atoms with Crippen molar-refractivity contribution in [3.63, 3.8) is 0 Å². The monoisotopic (exact) mass is 326 g/mol. The maximum Gasteiger partial charge on any atom is 4.00 e. The Bertz CT molecular complexity index is 297. The molecular formula is C6H6O6P2Zr. The summed E-state index contributed by atoms with van der Waals surface area (Å²) in [5.41, 5.74) is 0. The summed E-state index contributed by atoms with van der Waals surface area (Å²) in [5, 5.41) is -0.0463. The van der Waals surface area contributed by atoms with Crippen molar-refractivity contribution in [1.29, 1.82) is 0 Å². The molecule has 0 amide bonds. The molecule has 0 spiro atoms. The first-order valence-corrected chi connectivity index (χ1v) is 5.92. The van der Waals surface area contributed by atoms with Crippen LogP contribution in [-0.4, -0.2) is 4.89 Å². The average molecular weight is 327 g/mol. The minimum Gasteiger partial charge on any atom is -0.854 e. The first-order valence-electron chi connectivity index (χ1n) is 3.25. The molecule has 0 fully saturated rings. The van der Waals surface area contributed by atoms with E-state index in [0.717, 1.165) is 0 Å². The number of hydrogen-bond donors (Lipinski definition) is 1. The molecule has 0 saturated carbocycles. The third-order valence-electron chi connectivity index (χ3n) is 1.08. The molecule has 0 aromatic heterocycles. The van der Waals surface area contributed by atoms with Gasteiger partial charge in [-0.05, 0) is 0 Å². The molecule has 0 bridgehead atoms. The molecule has 0 radical (unpaired) electrons. The summed E-state index contributed by atoms with van der Waals surface area (Å²) >= 11 is 0. The zero-order chi connectivity index (χ0) is 11.2. The van der Waals surface area contributed by atoms with Gasteiger partial charge >= 0.3 is 26.2 Å². The van der Waals surface area contributed by atoms with Gasteiger partial charge in [0.1, 0.15) is 0 Å². The molecule has 0 aliphatic rings. The second-order valence-electron chi connectivity index (χ2n) is 2.08. The number of hydrogen-bond acceptors (Lipinski definition) is 5. The molecule has 1 unspecified atom stereocenters. The molecule has 1 aromatic rings. The molecule has 0 aliphatic carbocycles. The van der Waals surface area contributed by atoms with Crippen LogP contribution in [-0.2, 0) is 30.8 Å². The average Bonchev–Trinajstić information content (AvgIpc) is 2.03. The summed E-state index contributed by atoms with van der Waals surface area (Å²) in [5.74, 6) is 0. The summed E-state index contributed by atoms with van der Waals surface area (Å²) in [4.78, 5) is 44.3. The summed E-state index contributed by atoms with van der Waals surface area (Å²) < 4.78 is 10.4. The smallest absolute Gasteiger partial charge is 0.854 e. The first-order chi connectivity index (χ1) is 6.34. The molecule has 1 atom stereocenters. The van der Waals surface area contributed by atoms with Crippen molar-refractivity contribution >= 4 is 21.5 Å². The van der Waals surface area contributed by atoms with Gasteiger partial charge in [-0.25, -0.2) is 0 Å². The Morgan fingerprint density at radius 3 is 1.67 bits per heavy atom. The molecule has 1 rings (SSSR count). The van der Waals surface area contributed by atoms with Crippen LogP contribution in [0.3, 0.4) is 0 Å². The Morgan fingerprint density at radius 2 is 1.47 bits per heavy atom. The predicted molar refractivity (Wildman–Crippen MR) is 42.8 cm³/mol. The molecule has 15 heavy (non-hydrogen) atoms. The Hall–Kier alpha value is 0.563. The molecule has 1 aromatic carbocycles. The maximum atomic E-state index is 10.4. The van der Waals surface area contributed by atoms with Crippen molar-refractivity contribution in [2.24, 2.45) is 0 Å². The van der Waals surface area contributed by atoms with Crippen LogP contribution in [0.2, 0.25) is 0 Å². The fourth-order valence-corrected chi connectivity index (χ4v) is 1.17. The summed E-state index contributed by atoms with van der Waals surface area (Å²) in [7, 11) is -7.64. The van der Waals surface area contributed by atoms with Crippen molar-refractivity contribution in [3.8, 4) is 0 Å². The fourth-order valence-electron chi connectivity index (χ4n) is 0.616. The topological polar surface area (TPSA) is 130 Å². The van der Waals surface area contributed by atoms with Gasteiger partial charge < -0.3 is 37.6 Å². The van der Waals surface area contributed by atoms with Crippen molar-refractivity contribution in [3.05, 3.63) is 30.3 Å². The van der Waals surface area contributed by atoms with E-state index in [2.05, 4.69) is 0 Å². The minimum atomic E-state index is -4.27. The molecular weight excluding hydrogens is 321 g/mol. The Balaban J connectivity index is 0. The van der Waals surface area contributed by atoms with Crippen LogP contribution < -0.4 is 24.9 Å². The molecule has 6 nitrogen and oxygen atoms in total. The molecule has 1 N–H and O–H groups in total. The molecule has 80 valence electrons. The predicted octanol–water partition coefficient (Wildman–Crippen LogP) is -2.85. The second-order valence-corrected chi connectivity index (χ2v) is 4.08. The fraction of sp³-hybridized carbons (Fsp3) is 0. The third kappa shape index (κ3) is 10.8. The van der Waals surface area contributed by atoms with E-state index < -0.39 is 16.2 Å². The quantitative estimate of drug-likeness (QED) is 0.553. The Labute approximate surface area is 107 Å².